The Kier molecular flexibility index (Phi) is 5.14. The lowest BCUT2D eigenvalue weighted by Crippen LogP contribution is -2.34. The van der Waals surface area contributed by atoms with E-state index < -0.39 is 0 Å². The highest BCUT2D eigenvalue weighted by Crippen LogP contribution is 2.38. The van der Waals surface area contributed by atoms with Crippen molar-refractivity contribution < 1.29 is 14.4 Å². The number of anilines is 2. The van der Waals surface area contributed by atoms with Crippen molar-refractivity contribution >= 4 is 29.1 Å². The lowest BCUT2D eigenvalue weighted by Gasteiger charge is -2.21. The lowest BCUT2D eigenvalue weighted by molar-refractivity contribution is -0.140. The zero-order valence-electron chi connectivity index (χ0n) is 15.7. The van der Waals surface area contributed by atoms with Gasteiger partial charge in [0.2, 0.25) is 17.7 Å². The minimum atomic E-state index is -0.155. The van der Waals surface area contributed by atoms with E-state index in [1.807, 2.05) is 24.3 Å². The minimum absolute atomic E-state index is 0.0741. The largest absolute Gasteiger partial charge is 0.370 e. The standard InChI is InChI=1S/C21H27N3O3/c25-19(22-17-9-3-4-10-18(17)23-12-5-6-13-23)11-14-24-20(26)15-7-1-2-8-16(15)21(24)27/h3-4,9-10,15-16H,1-2,5-8,11-14H2,(H,22,25). The third kappa shape index (κ3) is 3.57. The molecule has 2 aliphatic heterocycles. The van der Waals surface area contributed by atoms with Crippen LogP contribution in [0.2, 0.25) is 0 Å². The number of imide groups is 1. The number of fused-ring (bicyclic) bond motifs is 1. The summed E-state index contributed by atoms with van der Waals surface area (Å²) in [6.07, 6.45) is 6.13. The molecule has 4 rings (SSSR count). The number of nitrogens with zero attached hydrogens (tertiary/aromatic N) is 2. The number of hydrogen-bond donors (Lipinski definition) is 1. The maximum absolute atomic E-state index is 12.5. The third-order valence-corrected chi connectivity index (χ3v) is 6.12. The van der Waals surface area contributed by atoms with Gasteiger partial charge in [-0.3, -0.25) is 19.3 Å². The van der Waals surface area contributed by atoms with Crippen molar-refractivity contribution in [2.75, 3.05) is 29.9 Å². The average molecular weight is 369 g/mol. The quantitative estimate of drug-likeness (QED) is 0.811. The van der Waals surface area contributed by atoms with E-state index in [4.69, 9.17) is 0 Å². The fourth-order valence-electron chi connectivity index (χ4n) is 4.69. The molecule has 1 aliphatic carbocycles. The topological polar surface area (TPSA) is 69.7 Å². The molecule has 1 aromatic carbocycles. The van der Waals surface area contributed by atoms with E-state index >= 15 is 0 Å². The zero-order chi connectivity index (χ0) is 18.8. The van der Waals surface area contributed by atoms with Crippen LogP contribution >= 0.6 is 0 Å². The van der Waals surface area contributed by atoms with Crippen LogP contribution in [0, 0.1) is 11.8 Å². The van der Waals surface area contributed by atoms with Crippen molar-refractivity contribution in [1.29, 1.82) is 0 Å². The SMILES string of the molecule is O=C(CCN1C(=O)C2CCCCC2C1=O)Nc1ccccc1N1CCCC1. The molecule has 0 bridgehead atoms. The first-order valence-electron chi connectivity index (χ1n) is 10.1. The van der Waals surface area contributed by atoms with Crippen molar-refractivity contribution in [3.05, 3.63) is 24.3 Å². The summed E-state index contributed by atoms with van der Waals surface area (Å²) < 4.78 is 0. The van der Waals surface area contributed by atoms with Crippen LogP contribution in [0.15, 0.2) is 24.3 Å². The third-order valence-electron chi connectivity index (χ3n) is 6.12. The summed E-state index contributed by atoms with van der Waals surface area (Å²) in [6, 6.07) is 7.82. The average Bonchev–Trinajstić information content (AvgIpc) is 3.29. The first-order chi connectivity index (χ1) is 13.1. The maximum Gasteiger partial charge on any atom is 0.233 e. The Morgan fingerprint density at radius 2 is 1.59 bits per heavy atom. The van der Waals surface area contributed by atoms with Crippen LogP contribution in [-0.4, -0.2) is 42.3 Å². The summed E-state index contributed by atoms with van der Waals surface area (Å²) in [6.45, 7) is 2.20. The number of nitrogens with one attached hydrogen (secondary N) is 1. The van der Waals surface area contributed by atoms with Gasteiger partial charge in [-0.1, -0.05) is 25.0 Å². The van der Waals surface area contributed by atoms with Crippen molar-refractivity contribution in [1.82, 2.24) is 4.90 Å². The van der Waals surface area contributed by atoms with Crippen molar-refractivity contribution in [2.24, 2.45) is 11.8 Å². The van der Waals surface area contributed by atoms with E-state index in [9.17, 15) is 14.4 Å². The van der Waals surface area contributed by atoms with E-state index in [-0.39, 0.29) is 42.5 Å². The van der Waals surface area contributed by atoms with Gasteiger partial charge >= 0.3 is 0 Å². The number of benzene rings is 1. The number of amides is 3. The van der Waals surface area contributed by atoms with Gasteiger partial charge in [0, 0.05) is 26.1 Å². The first-order valence-corrected chi connectivity index (χ1v) is 10.1. The number of hydrogen-bond acceptors (Lipinski definition) is 4. The van der Waals surface area contributed by atoms with Gasteiger partial charge in [-0.25, -0.2) is 0 Å². The summed E-state index contributed by atoms with van der Waals surface area (Å²) in [5, 5.41) is 2.97. The van der Waals surface area contributed by atoms with Gasteiger partial charge < -0.3 is 10.2 Å². The number of rotatable bonds is 5. The highest BCUT2D eigenvalue weighted by molar-refractivity contribution is 6.05. The molecule has 0 spiro atoms. The number of carbonyl (C=O) groups excluding carboxylic acids is 3. The van der Waals surface area contributed by atoms with E-state index in [2.05, 4.69) is 10.2 Å². The minimum Gasteiger partial charge on any atom is -0.370 e. The molecule has 1 N–H and O–H groups in total. The molecule has 2 atom stereocenters. The summed E-state index contributed by atoms with van der Waals surface area (Å²) in [7, 11) is 0. The van der Waals surface area contributed by atoms with E-state index in [0.29, 0.717) is 0 Å². The van der Waals surface area contributed by atoms with Crippen molar-refractivity contribution in [3.8, 4) is 0 Å². The van der Waals surface area contributed by atoms with Crippen LogP contribution in [0.25, 0.3) is 0 Å². The highest BCUT2D eigenvalue weighted by Gasteiger charge is 2.47. The molecule has 2 heterocycles. The molecule has 2 saturated heterocycles. The summed E-state index contributed by atoms with van der Waals surface area (Å²) in [5.74, 6) is -0.600. The number of para-hydroxylation sites is 2. The fraction of sp³-hybridized carbons (Fsp3) is 0.571. The van der Waals surface area contributed by atoms with Gasteiger partial charge in [-0.05, 0) is 37.8 Å². The molecule has 0 aromatic heterocycles. The Hall–Kier alpha value is -2.37. The van der Waals surface area contributed by atoms with Crippen molar-refractivity contribution in [3.63, 3.8) is 0 Å². The van der Waals surface area contributed by atoms with Crippen LogP contribution in [0.3, 0.4) is 0 Å². The van der Waals surface area contributed by atoms with Gasteiger partial charge in [0.25, 0.3) is 0 Å². The van der Waals surface area contributed by atoms with Gasteiger partial charge in [-0.2, -0.15) is 0 Å². The lowest BCUT2D eigenvalue weighted by atomic mass is 9.81. The molecular weight excluding hydrogens is 342 g/mol. The second-order valence-electron chi connectivity index (χ2n) is 7.84. The molecule has 1 aromatic rings. The van der Waals surface area contributed by atoms with E-state index in [0.717, 1.165) is 50.1 Å². The van der Waals surface area contributed by atoms with Crippen LogP contribution < -0.4 is 10.2 Å². The summed E-state index contributed by atoms with van der Waals surface area (Å²) in [5.41, 5.74) is 1.85. The van der Waals surface area contributed by atoms with Crippen LogP contribution in [0.5, 0.6) is 0 Å². The smallest absolute Gasteiger partial charge is 0.233 e. The monoisotopic (exact) mass is 369 g/mol. The molecule has 6 heteroatoms. The van der Waals surface area contributed by atoms with Crippen LogP contribution in [0.1, 0.15) is 44.9 Å². The molecule has 1 saturated carbocycles. The molecule has 2 unspecified atom stereocenters. The molecule has 0 radical (unpaired) electrons. The fourth-order valence-corrected chi connectivity index (χ4v) is 4.69. The second-order valence-corrected chi connectivity index (χ2v) is 7.84. The van der Waals surface area contributed by atoms with Gasteiger partial charge in [0.15, 0.2) is 0 Å². The molecule has 3 amide bonds. The van der Waals surface area contributed by atoms with Crippen LogP contribution in [0.4, 0.5) is 11.4 Å². The summed E-state index contributed by atoms with van der Waals surface area (Å²) in [4.78, 5) is 41.1. The molecule has 144 valence electrons. The Balaban J connectivity index is 1.37. The normalized spacial score (nSPS) is 25.0. The molecular formula is C21H27N3O3. The molecule has 6 nitrogen and oxygen atoms in total. The molecule has 27 heavy (non-hydrogen) atoms. The first kappa shape index (κ1) is 18.0. The Bertz CT molecular complexity index is 718. The molecule has 3 fully saturated rings. The van der Waals surface area contributed by atoms with E-state index in [1.165, 1.54) is 17.7 Å². The number of carbonyl (C=O) groups is 3. The van der Waals surface area contributed by atoms with Gasteiger partial charge in [-0.15, -0.1) is 0 Å². The number of likely N-dealkylation sites (tertiary alicyclic amines) is 1. The molecule has 3 aliphatic rings. The highest BCUT2D eigenvalue weighted by atomic mass is 16.2. The maximum atomic E-state index is 12.5. The second kappa shape index (κ2) is 7.71. The Morgan fingerprint density at radius 1 is 0.963 bits per heavy atom. The predicted molar refractivity (Wildman–Crippen MR) is 103 cm³/mol. The zero-order valence-corrected chi connectivity index (χ0v) is 15.7. The van der Waals surface area contributed by atoms with Gasteiger partial charge in [0.05, 0.1) is 23.2 Å². The van der Waals surface area contributed by atoms with E-state index in [1.54, 1.807) is 0 Å². The van der Waals surface area contributed by atoms with Gasteiger partial charge in [0.1, 0.15) is 0 Å². The van der Waals surface area contributed by atoms with Crippen molar-refractivity contribution in [2.45, 2.75) is 44.9 Å². The Morgan fingerprint density at radius 3 is 2.26 bits per heavy atom. The Labute approximate surface area is 159 Å². The predicted octanol–water partition coefficient (Wildman–Crippen LogP) is 2.79. The van der Waals surface area contributed by atoms with Crippen LogP contribution in [-0.2, 0) is 14.4 Å². The summed E-state index contributed by atoms with van der Waals surface area (Å²) >= 11 is 0.